The monoisotopic (exact) mass is 136 g/mol. The lowest BCUT2D eigenvalue weighted by molar-refractivity contribution is 0.192. The first kappa shape index (κ1) is 8.10. The Morgan fingerprint density at radius 1 is 1.00 bits per heavy atom. The van der Waals surface area contributed by atoms with Crippen molar-refractivity contribution in [2.45, 2.75) is 25.8 Å². The van der Waals surface area contributed by atoms with Gasteiger partial charge < -0.3 is 14.4 Å². The first-order valence-electron chi connectivity index (χ1n) is 2.42. The second-order valence-electron chi connectivity index (χ2n) is 2.89. The van der Waals surface area contributed by atoms with Crippen molar-refractivity contribution in [2.75, 3.05) is 0 Å². The maximum absolute atomic E-state index is 8.60. The van der Waals surface area contributed by atoms with Gasteiger partial charge >= 0.3 is 8.80 Å². The first-order valence-corrected chi connectivity index (χ1v) is 4.26. The van der Waals surface area contributed by atoms with Gasteiger partial charge in [0, 0.05) is 5.04 Å². The Labute approximate surface area is 50.0 Å². The summed E-state index contributed by atoms with van der Waals surface area (Å²) < 4.78 is 0. The van der Waals surface area contributed by atoms with Crippen LogP contribution >= 0.6 is 0 Å². The molecule has 0 heterocycles. The molecule has 0 bridgehead atoms. The standard InChI is InChI=1S/C4H12O3Si/c1-4(2,3)8(5,6)7/h5-7H,1-3H3. The quantitative estimate of drug-likeness (QED) is 0.401. The summed E-state index contributed by atoms with van der Waals surface area (Å²) in [5.74, 6) is 0. The second-order valence-corrected chi connectivity index (χ2v) is 5.66. The molecule has 50 valence electrons. The van der Waals surface area contributed by atoms with E-state index in [2.05, 4.69) is 0 Å². The highest BCUT2D eigenvalue weighted by molar-refractivity contribution is 6.59. The van der Waals surface area contributed by atoms with Crippen molar-refractivity contribution < 1.29 is 14.4 Å². The minimum atomic E-state index is -3.86. The van der Waals surface area contributed by atoms with Crippen LogP contribution in [0.5, 0.6) is 0 Å². The molecule has 0 rings (SSSR count). The third kappa shape index (κ3) is 1.91. The van der Waals surface area contributed by atoms with Gasteiger partial charge in [0.25, 0.3) is 0 Å². The van der Waals surface area contributed by atoms with E-state index in [9.17, 15) is 0 Å². The third-order valence-electron chi connectivity index (χ3n) is 1.01. The molecule has 0 unspecified atom stereocenters. The van der Waals surface area contributed by atoms with Crippen LogP contribution in [0.1, 0.15) is 20.8 Å². The van der Waals surface area contributed by atoms with Gasteiger partial charge in [-0.15, -0.1) is 0 Å². The van der Waals surface area contributed by atoms with E-state index in [-0.39, 0.29) is 0 Å². The summed E-state index contributed by atoms with van der Waals surface area (Å²) >= 11 is 0. The summed E-state index contributed by atoms with van der Waals surface area (Å²) in [6.45, 7) is 4.75. The van der Waals surface area contributed by atoms with Gasteiger partial charge in [0.1, 0.15) is 0 Å². The average molecular weight is 136 g/mol. The van der Waals surface area contributed by atoms with Crippen molar-refractivity contribution in [3.63, 3.8) is 0 Å². The molecule has 0 aromatic rings. The summed E-state index contributed by atoms with van der Waals surface area (Å²) in [5.41, 5.74) is 0. The number of hydrogen-bond acceptors (Lipinski definition) is 3. The Kier molecular flexibility index (Phi) is 1.82. The molecular formula is C4H12O3Si. The zero-order valence-electron chi connectivity index (χ0n) is 5.34. The molecular weight excluding hydrogens is 124 g/mol. The molecule has 4 heteroatoms. The predicted octanol–water partition coefficient (Wildman–Crippen LogP) is -0.298. The molecule has 0 saturated carbocycles. The molecule has 0 aliphatic rings. The van der Waals surface area contributed by atoms with Gasteiger partial charge in [0.2, 0.25) is 0 Å². The lowest BCUT2D eigenvalue weighted by Crippen LogP contribution is -2.44. The van der Waals surface area contributed by atoms with Gasteiger partial charge in [-0.2, -0.15) is 0 Å². The highest BCUT2D eigenvalue weighted by Gasteiger charge is 2.42. The first-order chi connectivity index (χ1) is 3.25. The molecule has 0 fully saturated rings. The minimum Gasteiger partial charge on any atom is -0.390 e. The average Bonchev–Trinajstić information content (AvgIpc) is 1.25. The van der Waals surface area contributed by atoms with Crippen LogP contribution in [0, 0.1) is 0 Å². The Morgan fingerprint density at radius 3 is 1.12 bits per heavy atom. The van der Waals surface area contributed by atoms with Gasteiger partial charge in [0.15, 0.2) is 0 Å². The lowest BCUT2D eigenvalue weighted by Gasteiger charge is -2.24. The Morgan fingerprint density at radius 2 is 1.12 bits per heavy atom. The van der Waals surface area contributed by atoms with Crippen LogP contribution in [-0.2, 0) is 0 Å². The third-order valence-corrected chi connectivity index (χ3v) is 3.02. The van der Waals surface area contributed by atoms with E-state index in [0.717, 1.165) is 0 Å². The van der Waals surface area contributed by atoms with Crippen molar-refractivity contribution in [1.82, 2.24) is 0 Å². The zero-order chi connectivity index (χ0) is 7.00. The van der Waals surface area contributed by atoms with E-state index in [0.29, 0.717) is 0 Å². The predicted molar refractivity (Wildman–Crippen MR) is 32.1 cm³/mol. The summed E-state index contributed by atoms with van der Waals surface area (Å²) in [5, 5.41) is -0.757. The van der Waals surface area contributed by atoms with Crippen LogP contribution in [0.3, 0.4) is 0 Å². The SMILES string of the molecule is CC(C)(C)[Si](O)(O)O. The van der Waals surface area contributed by atoms with Gasteiger partial charge in [0.05, 0.1) is 0 Å². The van der Waals surface area contributed by atoms with Gasteiger partial charge in [-0.3, -0.25) is 0 Å². The largest absolute Gasteiger partial charge is 0.498 e. The summed E-state index contributed by atoms with van der Waals surface area (Å²) in [4.78, 5) is 25.8. The zero-order valence-corrected chi connectivity index (χ0v) is 6.34. The topological polar surface area (TPSA) is 60.7 Å². The smallest absolute Gasteiger partial charge is 0.390 e. The molecule has 0 radical (unpaired) electrons. The minimum absolute atomic E-state index is 0.757. The van der Waals surface area contributed by atoms with E-state index >= 15 is 0 Å². The van der Waals surface area contributed by atoms with Crippen LogP contribution in [0.4, 0.5) is 0 Å². The Hall–Kier alpha value is 0.0969. The van der Waals surface area contributed by atoms with Crippen LogP contribution in [0.25, 0.3) is 0 Å². The molecule has 3 nitrogen and oxygen atoms in total. The fourth-order valence-electron chi connectivity index (χ4n) is 0. The van der Waals surface area contributed by atoms with Crippen molar-refractivity contribution in [2.24, 2.45) is 0 Å². The summed E-state index contributed by atoms with van der Waals surface area (Å²) in [6.07, 6.45) is 0. The molecule has 0 saturated heterocycles. The van der Waals surface area contributed by atoms with Crippen molar-refractivity contribution in [1.29, 1.82) is 0 Å². The van der Waals surface area contributed by atoms with Crippen molar-refractivity contribution >= 4 is 8.80 Å². The molecule has 0 spiro atoms. The van der Waals surface area contributed by atoms with Gasteiger partial charge in [-0.05, 0) is 0 Å². The number of hydrogen-bond donors (Lipinski definition) is 3. The number of rotatable bonds is 0. The summed E-state index contributed by atoms with van der Waals surface area (Å²) in [6, 6.07) is 0. The highest BCUT2D eigenvalue weighted by atomic mass is 28.4. The van der Waals surface area contributed by atoms with E-state index < -0.39 is 13.8 Å². The van der Waals surface area contributed by atoms with Crippen LogP contribution in [-0.4, -0.2) is 23.2 Å². The molecule has 0 aromatic heterocycles. The van der Waals surface area contributed by atoms with E-state index in [1.54, 1.807) is 20.8 Å². The fourth-order valence-corrected chi connectivity index (χ4v) is 0. The summed E-state index contributed by atoms with van der Waals surface area (Å²) in [7, 11) is -3.86. The fraction of sp³-hybridized carbons (Fsp3) is 1.00. The van der Waals surface area contributed by atoms with Crippen LogP contribution < -0.4 is 0 Å². The molecule has 0 aromatic carbocycles. The highest BCUT2D eigenvalue weighted by Crippen LogP contribution is 2.29. The van der Waals surface area contributed by atoms with Gasteiger partial charge in [-0.1, -0.05) is 20.8 Å². The second kappa shape index (κ2) is 1.80. The Balaban J connectivity index is 4.02. The van der Waals surface area contributed by atoms with Gasteiger partial charge in [-0.25, -0.2) is 0 Å². The molecule has 0 aliphatic carbocycles. The molecule has 0 amide bonds. The lowest BCUT2D eigenvalue weighted by atomic mass is 10.3. The maximum atomic E-state index is 8.60. The molecule has 3 N–H and O–H groups in total. The Bertz CT molecular complexity index is 66.3. The van der Waals surface area contributed by atoms with E-state index in [4.69, 9.17) is 14.4 Å². The van der Waals surface area contributed by atoms with Crippen molar-refractivity contribution in [3.8, 4) is 0 Å². The van der Waals surface area contributed by atoms with Crippen molar-refractivity contribution in [3.05, 3.63) is 0 Å². The molecule has 8 heavy (non-hydrogen) atoms. The molecule has 0 atom stereocenters. The van der Waals surface area contributed by atoms with E-state index in [1.807, 2.05) is 0 Å². The molecule has 0 aliphatic heterocycles. The van der Waals surface area contributed by atoms with E-state index in [1.165, 1.54) is 0 Å². The van der Waals surface area contributed by atoms with Crippen LogP contribution in [0.2, 0.25) is 5.04 Å². The maximum Gasteiger partial charge on any atom is 0.498 e. The normalized spacial score (nSPS) is 14.2. The van der Waals surface area contributed by atoms with Crippen LogP contribution in [0.15, 0.2) is 0 Å².